The van der Waals surface area contributed by atoms with E-state index in [4.69, 9.17) is 19.2 Å². The summed E-state index contributed by atoms with van der Waals surface area (Å²) in [6, 6.07) is 0. The first kappa shape index (κ1) is 36.3. The second-order valence-corrected chi connectivity index (χ2v) is 1.54. The Labute approximate surface area is 180 Å². The van der Waals surface area contributed by atoms with Crippen LogP contribution in [0.15, 0.2) is 0 Å². The van der Waals surface area contributed by atoms with Gasteiger partial charge >= 0.3 is 139 Å². The molecule has 10 heteroatoms. The molecule has 0 atom stereocenters. The van der Waals surface area contributed by atoms with Gasteiger partial charge in [0.15, 0.2) is 17.4 Å². The summed E-state index contributed by atoms with van der Waals surface area (Å²) in [6.45, 7) is 0. The zero-order valence-corrected chi connectivity index (χ0v) is 14.2. The fourth-order valence-corrected chi connectivity index (χ4v) is 0. The zero-order valence-electron chi connectivity index (χ0n) is 11.6. The molecule has 0 fully saturated rings. The summed E-state index contributed by atoms with van der Waals surface area (Å²) in [6.07, 6.45) is 0. The standard InChI is InChI=1S/Al.Ca.Li.Na.H3O4P.Sr.9H/c;;;;1-5(2,3)4;;;;;;;;;;/h;;;;(H3,1,2,3,4);;;;;;;;;;/q;+2;2*+1;;+2;;;;6*-1. The van der Waals surface area contributed by atoms with E-state index < -0.39 is 7.82 Å². The number of phosphoric acid groups is 1. The van der Waals surface area contributed by atoms with E-state index in [1.807, 2.05) is 0 Å². The molecule has 0 radical (unpaired) electrons. The second kappa shape index (κ2) is 19.5. The van der Waals surface area contributed by atoms with Gasteiger partial charge in [0.2, 0.25) is 0 Å². The van der Waals surface area contributed by atoms with Crippen molar-refractivity contribution < 1.29 is 76.2 Å². The maximum Gasteiger partial charge on any atom is 2.00 e. The van der Waals surface area contributed by atoms with Crippen LogP contribution in [-0.4, -0.2) is 115 Å². The summed E-state index contributed by atoms with van der Waals surface area (Å²) in [5.41, 5.74) is 0. The Hall–Kier alpha value is 4.98. The first-order chi connectivity index (χ1) is 2.00. The molecule has 0 aliphatic rings. The van der Waals surface area contributed by atoms with Crippen LogP contribution in [-0.2, 0) is 4.57 Å². The summed E-state index contributed by atoms with van der Waals surface area (Å²) < 4.78 is 8.88. The second-order valence-electron chi connectivity index (χ2n) is 0.513. The van der Waals surface area contributed by atoms with Gasteiger partial charge in [-0.2, -0.15) is 0 Å². The van der Waals surface area contributed by atoms with Crippen LogP contribution in [0.5, 0.6) is 0 Å². The minimum atomic E-state index is -4.64. The fourth-order valence-electron chi connectivity index (χ4n) is 0. The Morgan fingerprint density at radius 1 is 1.20 bits per heavy atom. The van der Waals surface area contributed by atoms with Gasteiger partial charge in [-0.25, -0.2) is 4.57 Å². The van der Waals surface area contributed by atoms with Gasteiger partial charge in [-0.3, -0.25) is 0 Å². The third-order valence-corrected chi connectivity index (χ3v) is 0. The molecule has 4 nitrogen and oxygen atoms in total. The molecule has 0 spiro atoms. The van der Waals surface area contributed by atoms with Crippen LogP contribution < -0.4 is 48.4 Å². The maximum atomic E-state index is 8.88. The molecule has 0 aromatic carbocycles. The van der Waals surface area contributed by atoms with E-state index in [2.05, 4.69) is 0 Å². The summed E-state index contributed by atoms with van der Waals surface area (Å²) in [4.78, 5) is 21.6. The molecular weight excluding hydrogens is 280 g/mol. The molecule has 0 aromatic heterocycles. The third kappa shape index (κ3) is 75.1. The van der Waals surface area contributed by atoms with Gasteiger partial charge in [0.1, 0.15) is 0 Å². The van der Waals surface area contributed by atoms with E-state index in [1.54, 1.807) is 0 Å². The summed E-state index contributed by atoms with van der Waals surface area (Å²) in [5.74, 6) is 0. The van der Waals surface area contributed by atoms with Gasteiger partial charge in [0, 0.05) is 0 Å². The molecule has 0 aliphatic heterocycles. The van der Waals surface area contributed by atoms with Crippen molar-refractivity contribution in [2.24, 2.45) is 0 Å². The summed E-state index contributed by atoms with van der Waals surface area (Å²) >= 11 is 0. The molecule has 0 saturated carbocycles. The van der Waals surface area contributed by atoms with Crippen LogP contribution in [0, 0.1) is 0 Å². The molecule has 10 heavy (non-hydrogen) atoms. The van der Waals surface area contributed by atoms with E-state index in [9.17, 15) is 0 Å². The Morgan fingerprint density at radius 3 is 1.20 bits per heavy atom. The van der Waals surface area contributed by atoms with Gasteiger partial charge in [0.05, 0.1) is 0 Å². The van der Waals surface area contributed by atoms with Crippen LogP contribution in [0.1, 0.15) is 8.56 Å². The van der Waals surface area contributed by atoms with E-state index in [1.165, 1.54) is 0 Å². The Kier molecular flexibility index (Phi) is 70.9. The van der Waals surface area contributed by atoms with Crippen molar-refractivity contribution in [3.05, 3.63) is 0 Å². The maximum absolute atomic E-state index is 8.88. The smallest absolute Gasteiger partial charge is 1.00 e. The van der Waals surface area contributed by atoms with Crippen molar-refractivity contribution in [2.75, 3.05) is 0 Å². The Balaban J connectivity index is -0.00000000145. The molecule has 50 valence electrons. The van der Waals surface area contributed by atoms with Crippen molar-refractivity contribution in [1.29, 1.82) is 0 Å². The van der Waals surface area contributed by atoms with E-state index in [0.717, 1.165) is 0 Å². The van der Waals surface area contributed by atoms with Gasteiger partial charge < -0.3 is 23.2 Å². The molecule has 0 heterocycles. The predicted octanol–water partition coefficient (Wildman–Crippen LogP) is -8.19. The average Bonchev–Trinajstić information content (AvgIpc) is 0.722. The van der Waals surface area contributed by atoms with Gasteiger partial charge in [-0.15, -0.1) is 0 Å². The quantitative estimate of drug-likeness (QED) is 0.306. The van der Waals surface area contributed by atoms with Crippen LogP contribution >= 0.6 is 7.82 Å². The largest absolute Gasteiger partial charge is 2.00 e. The fraction of sp³-hybridized carbons (Fsp3) is 0. The van der Waals surface area contributed by atoms with Crippen molar-refractivity contribution >= 4 is 108 Å². The summed E-state index contributed by atoms with van der Waals surface area (Å²) in [7, 11) is -4.64. The van der Waals surface area contributed by atoms with Gasteiger partial charge in [0.25, 0.3) is 0 Å². The molecule has 3 N–H and O–H groups in total. The minimum absolute atomic E-state index is 0. The average molecular weight is 292 g/mol. The molecule has 0 unspecified atom stereocenters. The molecule has 0 bridgehead atoms. The first-order valence-corrected chi connectivity index (χ1v) is 2.35. The molecule has 0 aromatic rings. The predicted molar refractivity (Wildman–Crippen MR) is 42.4 cm³/mol. The minimum Gasteiger partial charge on any atom is -1.00 e. The number of hydrogen-bond donors (Lipinski definition) is 3. The molecule has 0 aliphatic carbocycles. The monoisotopic (exact) mass is 292 g/mol. The molecular formula is H12AlCaLiNaO4PSr. The topological polar surface area (TPSA) is 77.8 Å². The zero-order chi connectivity index (χ0) is 4.50. The van der Waals surface area contributed by atoms with Crippen molar-refractivity contribution in [3.63, 3.8) is 0 Å². The van der Waals surface area contributed by atoms with E-state index in [-0.39, 0.29) is 158 Å². The van der Waals surface area contributed by atoms with E-state index in [0.29, 0.717) is 0 Å². The molecule has 0 rings (SSSR count). The Morgan fingerprint density at radius 2 is 1.20 bits per heavy atom. The SMILES string of the molecule is O=P(O)(O)O.[AlH3].[Ca+2].[H-].[H-].[H-].[H-].[H-].[H-].[Li+].[Na+].[Sr+2]. The Bertz CT molecular complexity index is 86.7. The third-order valence-electron chi connectivity index (χ3n) is 0. The molecule has 0 saturated heterocycles. The van der Waals surface area contributed by atoms with Crippen LogP contribution in [0.2, 0.25) is 0 Å². The first-order valence-electron chi connectivity index (χ1n) is 0.783. The van der Waals surface area contributed by atoms with Crippen molar-refractivity contribution in [1.82, 2.24) is 0 Å². The van der Waals surface area contributed by atoms with Crippen LogP contribution in [0.25, 0.3) is 0 Å². The number of rotatable bonds is 0. The van der Waals surface area contributed by atoms with Gasteiger partial charge in [-0.05, 0) is 0 Å². The molecule has 0 amide bonds. The van der Waals surface area contributed by atoms with Crippen molar-refractivity contribution in [3.8, 4) is 0 Å². The van der Waals surface area contributed by atoms with E-state index >= 15 is 0 Å². The van der Waals surface area contributed by atoms with Crippen LogP contribution in [0.4, 0.5) is 0 Å². The van der Waals surface area contributed by atoms with Gasteiger partial charge in [-0.1, -0.05) is 0 Å². The summed E-state index contributed by atoms with van der Waals surface area (Å²) in [5, 5.41) is 0. The van der Waals surface area contributed by atoms with Crippen molar-refractivity contribution in [2.45, 2.75) is 0 Å². The number of hydrogen-bond acceptors (Lipinski definition) is 1. The normalized spacial score (nSPS) is 5.90. The van der Waals surface area contributed by atoms with Crippen LogP contribution in [0.3, 0.4) is 0 Å².